The minimum Gasteiger partial charge on any atom is -0.480 e. The number of hydrogen-bond acceptors (Lipinski definition) is 2. The first-order chi connectivity index (χ1) is 8.40. The highest BCUT2D eigenvalue weighted by atomic mass is 16.4. The van der Waals surface area contributed by atoms with Gasteiger partial charge in [-0.15, -0.1) is 0 Å². The molecule has 1 heterocycles. The number of carboxylic acid groups (broad SMARTS) is 1. The first-order valence-electron chi connectivity index (χ1n) is 6.31. The largest absolute Gasteiger partial charge is 0.480 e. The second kappa shape index (κ2) is 4.61. The fourth-order valence-electron chi connectivity index (χ4n) is 2.33. The van der Waals surface area contributed by atoms with Crippen LogP contribution in [0.4, 0.5) is 0 Å². The van der Waals surface area contributed by atoms with Crippen LogP contribution < -0.4 is 16.3 Å². The van der Waals surface area contributed by atoms with Crippen molar-refractivity contribution in [2.75, 3.05) is 0 Å². The third-order valence-corrected chi connectivity index (χ3v) is 3.51. The first kappa shape index (κ1) is 12.9. The molecule has 0 saturated carbocycles. The van der Waals surface area contributed by atoms with E-state index in [0.29, 0.717) is 12.3 Å². The Bertz CT molecular complexity index is 569. The van der Waals surface area contributed by atoms with Crippen LogP contribution in [0.3, 0.4) is 0 Å². The number of fused-ring (bicyclic) bond motifs is 1. The van der Waals surface area contributed by atoms with Gasteiger partial charge in [0.2, 0.25) is 0 Å². The van der Waals surface area contributed by atoms with Gasteiger partial charge in [0.05, 0.1) is 0 Å². The van der Waals surface area contributed by atoms with Crippen molar-refractivity contribution in [1.82, 2.24) is 4.98 Å². The van der Waals surface area contributed by atoms with Crippen molar-refractivity contribution in [3.63, 3.8) is 0 Å². The van der Waals surface area contributed by atoms with E-state index in [1.165, 1.54) is 0 Å². The van der Waals surface area contributed by atoms with E-state index in [9.17, 15) is 4.79 Å². The molecule has 4 heteroatoms. The predicted octanol–water partition coefficient (Wildman–Crippen LogP) is 0.350. The molecule has 18 heavy (non-hydrogen) atoms. The standard InChI is InChI=1S/C14H20N2O2/c1-9-4-3-5-12-11(6-9)10(8-16-12)7-14(2,15)13(17)18/h5-6,8-9,16H,3-4,7,15H2,1-2H3,(H,17,18)/t9-,14?/m1/s1. The van der Waals surface area contributed by atoms with Gasteiger partial charge in [0.1, 0.15) is 5.54 Å². The molecule has 0 radical (unpaired) electrons. The van der Waals surface area contributed by atoms with Crippen molar-refractivity contribution in [1.29, 1.82) is 0 Å². The zero-order chi connectivity index (χ0) is 13.3. The van der Waals surface area contributed by atoms with Crippen LogP contribution in [0.15, 0.2) is 6.20 Å². The van der Waals surface area contributed by atoms with E-state index in [-0.39, 0.29) is 0 Å². The Balaban J connectivity index is 2.44. The van der Waals surface area contributed by atoms with Gasteiger partial charge in [-0.25, -0.2) is 0 Å². The summed E-state index contributed by atoms with van der Waals surface area (Å²) >= 11 is 0. The molecule has 2 atom stereocenters. The molecule has 0 saturated heterocycles. The van der Waals surface area contributed by atoms with E-state index >= 15 is 0 Å². The van der Waals surface area contributed by atoms with Crippen LogP contribution in [-0.2, 0) is 11.2 Å². The lowest BCUT2D eigenvalue weighted by molar-refractivity contribution is -0.142. The van der Waals surface area contributed by atoms with Gasteiger partial charge in [-0.1, -0.05) is 19.1 Å². The molecule has 0 fully saturated rings. The molecule has 0 aromatic carbocycles. The Hall–Kier alpha value is -1.55. The summed E-state index contributed by atoms with van der Waals surface area (Å²) < 4.78 is 0. The third-order valence-electron chi connectivity index (χ3n) is 3.51. The molecule has 1 aromatic heterocycles. The van der Waals surface area contributed by atoms with Gasteiger partial charge in [-0.3, -0.25) is 4.79 Å². The average Bonchev–Trinajstić information content (AvgIpc) is 2.53. The zero-order valence-corrected chi connectivity index (χ0v) is 10.9. The minimum atomic E-state index is -1.22. The van der Waals surface area contributed by atoms with E-state index in [4.69, 9.17) is 10.8 Å². The van der Waals surface area contributed by atoms with Crippen molar-refractivity contribution >= 4 is 18.1 Å². The van der Waals surface area contributed by atoms with E-state index in [1.54, 1.807) is 6.92 Å². The molecule has 2 rings (SSSR count). The molecule has 1 aliphatic rings. The van der Waals surface area contributed by atoms with Crippen molar-refractivity contribution in [2.45, 2.75) is 38.6 Å². The van der Waals surface area contributed by atoms with Gasteiger partial charge < -0.3 is 15.8 Å². The molecule has 1 aromatic rings. The highest BCUT2D eigenvalue weighted by Crippen LogP contribution is 2.11. The SMILES string of the molecule is C[C@H]1C=c2c(CC(C)(N)C(=O)O)c[nH]c2=CCC1. The van der Waals surface area contributed by atoms with Crippen molar-refractivity contribution in [2.24, 2.45) is 11.7 Å². The second-order valence-corrected chi connectivity index (χ2v) is 5.47. The Morgan fingerprint density at radius 1 is 1.67 bits per heavy atom. The maximum Gasteiger partial charge on any atom is 0.323 e. The fourth-order valence-corrected chi connectivity index (χ4v) is 2.33. The maximum atomic E-state index is 11.1. The quantitative estimate of drug-likeness (QED) is 0.722. The number of nitrogens with two attached hydrogens (primary N) is 1. The lowest BCUT2D eigenvalue weighted by Crippen LogP contribution is -2.48. The summed E-state index contributed by atoms with van der Waals surface area (Å²) in [4.78, 5) is 14.3. The Kier molecular flexibility index (Phi) is 3.30. The summed E-state index contributed by atoms with van der Waals surface area (Å²) in [5.74, 6) is -0.464. The van der Waals surface area contributed by atoms with Crippen LogP contribution in [0.1, 0.15) is 32.3 Å². The molecule has 4 N–H and O–H groups in total. The van der Waals surface area contributed by atoms with Crippen LogP contribution in [-0.4, -0.2) is 21.6 Å². The van der Waals surface area contributed by atoms with Crippen LogP contribution >= 0.6 is 0 Å². The lowest BCUT2D eigenvalue weighted by Gasteiger charge is -2.18. The highest BCUT2D eigenvalue weighted by molar-refractivity contribution is 5.78. The first-order valence-corrected chi connectivity index (χ1v) is 6.31. The number of aliphatic carboxylic acids is 1. The zero-order valence-electron chi connectivity index (χ0n) is 10.9. The average molecular weight is 248 g/mol. The molecule has 4 nitrogen and oxygen atoms in total. The van der Waals surface area contributed by atoms with Crippen LogP contribution in [0.2, 0.25) is 0 Å². The number of nitrogens with one attached hydrogen (secondary N) is 1. The summed E-state index contributed by atoms with van der Waals surface area (Å²) in [6.07, 6.45) is 8.77. The van der Waals surface area contributed by atoms with E-state index in [0.717, 1.165) is 29.0 Å². The van der Waals surface area contributed by atoms with E-state index < -0.39 is 11.5 Å². The molecule has 0 aliphatic heterocycles. The topological polar surface area (TPSA) is 79.1 Å². The monoisotopic (exact) mass is 248 g/mol. The number of carbonyl (C=O) groups is 1. The molecule has 0 spiro atoms. The summed E-state index contributed by atoms with van der Waals surface area (Å²) in [6.45, 7) is 3.73. The Morgan fingerprint density at radius 3 is 3.06 bits per heavy atom. The Morgan fingerprint density at radius 2 is 2.39 bits per heavy atom. The van der Waals surface area contributed by atoms with E-state index in [2.05, 4.69) is 24.1 Å². The minimum absolute atomic E-state index is 0.339. The van der Waals surface area contributed by atoms with Gasteiger partial charge >= 0.3 is 5.97 Å². The van der Waals surface area contributed by atoms with Crippen LogP contribution in [0, 0.1) is 5.92 Å². The van der Waals surface area contributed by atoms with Gasteiger partial charge in [0, 0.05) is 18.0 Å². The molecular formula is C14H20N2O2. The number of aromatic nitrogens is 1. The van der Waals surface area contributed by atoms with Crippen molar-refractivity contribution < 1.29 is 9.90 Å². The summed E-state index contributed by atoms with van der Waals surface area (Å²) in [5, 5.41) is 11.3. The Labute approximate surface area is 106 Å². The third kappa shape index (κ3) is 2.48. The summed E-state index contributed by atoms with van der Waals surface area (Å²) in [6, 6.07) is 0. The molecule has 1 aliphatic carbocycles. The number of carboxylic acids is 1. The number of H-pyrrole nitrogens is 1. The maximum absolute atomic E-state index is 11.1. The summed E-state index contributed by atoms with van der Waals surface area (Å²) in [5.41, 5.74) is 5.59. The van der Waals surface area contributed by atoms with Gasteiger partial charge in [-0.05, 0) is 36.5 Å². The van der Waals surface area contributed by atoms with Gasteiger partial charge in [0.15, 0.2) is 0 Å². The predicted molar refractivity (Wildman–Crippen MR) is 71.3 cm³/mol. The molecule has 98 valence electrons. The number of aromatic amines is 1. The fraction of sp³-hybridized carbons (Fsp3) is 0.500. The molecular weight excluding hydrogens is 228 g/mol. The second-order valence-electron chi connectivity index (χ2n) is 5.47. The van der Waals surface area contributed by atoms with Crippen molar-refractivity contribution in [3.05, 3.63) is 22.3 Å². The highest BCUT2D eigenvalue weighted by Gasteiger charge is 2.28. The van der Waals surface area contributed by atoms with Crippen LogP contribution in [0.5, 0.6) is 0 Å². The van der Waals surface area contributed by atoms with E-state index in [1.807, 2.05) is 6.20 Å². The normalized spacial score (nSPS) is 22.1. The smallest absolute Gasteiger partial charge is 0.323 e. The molecule has 1 unspecified atom stereocenters. The number of hydrogen-bond donors (Lipinski definition) is 3. The van der Waals surface area contributed by atoms with Crippen LogP contribution in [0.25, 0.3) is 12.2 Å². The molecule has 0 bridgehead atoms. The number of rotatable bonds is 3. The lowest BCUT2D eigenvalue weighted by atomic mass is 9.94. The summed E-state index contributed by atoms with van der Waals surface area (Å²) in [7, 11) is 0. The van der Waals surface area contributed by atoms with Gasteiger partial charge in [0.25, 0.3) is 0 Å². The molecule has 0 amide bonds. The van der Waals surface area contributed by atoms with Crippen molar-refractivity contribution in [3.8, 4) is 0 Å². The van der Waals surface area contributed by atoms with Gasteiger partial charge in [-0.2, -0.15) is 0 Å².